The van der Waals surface area contributed by atoms with E-state index in [4.69, 9.17) is 0 Å². The molecule has 0 aliphatic rings. The van der Waals surface area contributed by atoms with Gasteiger partial charge in [0, 0.05) is 32.5 Å². The summed E-state index contributed by atoms with van der Waals surface area (Å²) >= 11 is 0. The third-order valence-electron chi connectivity index (χ3n) is 2.64. The molecular formula is C12H17N5O. The van der Waals surface area contributed by atoms with Gasteiger partial charge in [0.2, 0.25) is 0 Å². The number of amides is 1. The van der Waals surface area contributed by atoms with Gasteiger partial charge >= 0.3 is 0 Å². The van der Waals surface area contributed by atoms with Crippen molar-refractivity contribution >= 4 is 5.91 Å². The molecule has 0 spiro atoms. The first-order chi connectivity index (χ1) is 8.66. The van der Waals surface area contributed by atoms with E-state index in [0.717, 1.165) is 18.7 Å². The van der Waals surface area contributed by atoms with Gasteiger partial charge in [-0.05, 0) is 25.5 Å². The van der Waals surface area contributed by atoms with E-state index in [0.29, 0.717) is 12.2 Å². The molecule has 0 aliphatic heterocycles. The number of nitrogens with zero attached hydrogens (tertiary/aromatic N) is 4. The number of carbonyl (C=O) groups is 1. The van der Waals surface area contributed by atoms with E-state index in [9.17, 15) is 4.79 Å². The fraction of sp³-hybridized carbons (Fsp3) is 0.417. The number of hydrogen-bond donors (Lipinski definition) is 1. The van der Waals surface area contributed by atoms with Gasteiger partial charge in [-0.1, -0.05) is 0 Å². The second-order valence-electron chi connectivity index (χ2n) is 4.17. The number of hydrogen-bond acceptors (Lipinski definition) is 3. The van der Waals surface area contributed by atoms with Gasteiger partial charge in [-0.15, -0.1) is 0 Å². The van der Waals surface area contributed by atoms with Gasteiger partial charge in [-0.2, -0.15) is 10.2 Å². The van der Waals surface area contributed by atoms with Gasteiger partial charge in [-0.25, -0.2) is 0 Å². The van der Waals surface area contributed by atoms with Crippen molar-refractivity contribution in [3.8, 4) is 0 Å². The highest BCUT2D eigenvalue weighted by molar-refractivity contribution is 5.92. The van der Waals surface area contributed by atoms with Crippen LogP contribution in [0.1, 0.15) is 22.6 Å². The Balaban J connectivity index is 1.77. The lowest BCUT2D eigenvalue weighted by molar-refractivity contribution is 0.0943. The van der Waals surface area contributed by atoms with Gasteiger partial charge < -0.3 is 5.32 Å². The Morgan fingerprint density at radius 2 is 2.33 bits per heavy atom. The minimum atomic E-state index is -0.0847. The van der Waals surface area contributed by atoms with Gasteiger partial charge in [0.25, 0.3) is 5.91 Å². The molecular weight excluding hydrogens is 230 g/mol. The monoisotopic (exact) mass is 247 g/mol. The van der Waals surface area contributed by atoms with Crippen molar-refractivity contribution in [3.05, 3.63) is 35.9 Å². The van der Waals surface area contributed by atoms with Crippen LogP contribution in [0.4, 0.5) is 0 Å². The van der Waals surface area contributed by atoms with Crippen LogP contribution in [0.3, 0.4) is 0 Å². The second-order valence-corrected chi connectivity index (χ2v) is 4.17. The maximum Gasteiger partial charge on any atom is 0.269 e. The van der Waals surface area contributed by atoms with Crippen molar-refractivity contribution in [1.29, 1.82) is 0 Å². The third kappa shape index (κ3) is 2.97. The Kier molecular flexibility index (Phi) is 3.76. The van der Waals surface area contributed by atoms with Crippen molar-refractivity contribution in [2.45, 2.75) is 19.9 Å². The minimum Gasteiger partial charge on any atom is -0.351 e. The minimum absolute atomic E-state index is 0.0847. The van der Waals surface area contributed by atoms with Crippen molar-refractivity contribution in [2.24, 2.45) is 7.05 Å². The van der Waals surface area contributed by atoms with Crippen molar-refractivity contribution in [1.82, 2.24) is 24.9 Å². The summed E-state index contributed by atoms with van der Waals surface area (Å²) in [6.45, 7) is 3.30. The topological polar surface area (TPSA) is 64.7 Å². The normalized spacial score (nSPS) is 10.6. The molecule has 0 bridgehead atoms. The molecule has 0 aromatic carbocycles. The Bertz CT molecular complexity index is 515. The summed E-state index contributed by atoms with van der Waals surface area (Å²) in [6, 6.07) is 3.67. The molecule has 0 saturated heterocycles. The third-order valence-corrected chi connectivity index (χ3v) is 2.64. The Morgan fingerprint density at radius 1 is 1.50 bits per heavy atom. The Labute approximate surface area is 106 Å². The molecule has 18 heavy (non-hydrogen) atoms. The van der Waals surface area contributed by atoms with Gasteiger partial charge in [0.05, 0.1) is 5.69 Å². The Hall–Kier alpha value is -2.11. The molecule has 0 fully saturated rings. The summed E-state index contributed by atoms with van der Waals surface area (Å²) in [7, 11) is 1.77. The van der Waals surface area contributed by atoms with Crippen LogP contribution in [0.5, 0.6) is 0 Å². The maximum atomic E-state index is 11.8. The molecule has 2 aromatic heterocycles. The van der Waals surface area contributed by atoms with E-state index in [1.54, 1.807) is 24.0 Å². The predicted molar refractivity (Wildman–Crippen MR) is 67.1 cm³/mol. The molecule has 0 atom stereocenters. The largest absolute Gasteiger partial charge is 0.351 e. The number of nitrogens with one attached hydrogen (secondary N) is 1. The highest BCUT2D eigenvalue weighted by Crippen LogP contribution is 2.01. The second kappa shape index (κ2) is 5.48. The van der Waals surface area contributed by atoms with Crippen LogP contribution in [0.2, 0.25) is 0 Å². The summed E-state index contributed by atoms with van der Waals surface area (Å²) < 4.78 is 3.44. The van der Waals surface area contributed by atoms with Crippen LogP contribution >= 0.6 is 0 Å². The fourth-order valence-corrected chi connectivity index (χ4v) is 1.79. The van der Waals surface area contributed by atoms with Crippen molar-refractivity contribution in [3.63, 3.8) is 0 Å². The summed E-state index contributed by atoms with van der Waals surface area (Å²) in [5.41, 5.74) is 1.44. The first-order valence-electron chi connectivity index (χ1n) is 5.93. The van der Waals surface area contributed by atoms with Gasteiger partial charge in [0.1, 0.15) is 5.69 Å². The van der Waals surface area contributed by atoms with Crippen LogP contribution in [0.25, 0.3) is 0 Å². The van der Waals surface area contributed by atoms with E-state index in [1.165, 1.54) is 0 Å². The Morgan fingerprint density at radius 3 is 2.94 bits per heavy atom. The lowest BCUT2D eigenvalue weighted by atomic mass is 10.3. The van der Waals surface area contributed by atoms with E-state index in [1.807, 2.05) is 23.9 Å². The van der Waals surface area contributed by atoms with Gasteiger partial charge in [0.15, 0.2) is 0 Å². The predicted octanol–water partition coefficient (Wildman–Crippen LogP) is 0.745. The maximum absolute atomic E-state index is 11.8. The van der Waals surface area contributed by atoms with E-state index in [-0.39, 0.29) is 5.91 Å². The van der Waals surface area contributed by atoms with Crippen LogP contribution in [0, 0.1) is 6.92 Å². The van der Waals surface area contributed by atoms with Gasteiger partial charge in [-0.3, -0.25) is 14.2 Å². The fourth-order valence-electron chi connectivity index (χ4n) is 1.79. The first kappa shape index (κ1) is 12.3. The lowest BCUT2D eigenvalue weighted by Gasteiger charge is -2.05. The molecule has 0 saturated carbocycles. The highest BCUT2D eigenvalue weighted by atomic mass is 16.2. The molecule has 6 heteroatoms. The van der Waals surface area contributed by atoms with Crippen LogP contribution in [0.15, 0.2) is 24.5 Å². The number of carbonyl (C=O) groups excluding carboxylic acids is 1. The molecule has 0 aliphatic carbocycles. The zero-order valence-corrected chi connectivity index (χ0v) is 10.6. The molecule has 1 N–H and O–H groups in total. The zero-order valence-electron chi connectivity index (χ0n) is 10.6. The van der Waals surface area contributed by atoms with Crippen molar-refractivity contribution in [2.75, 3.05) is 6.54 Å². The molecule has 0 radical (unpaired) electrons. The number of aryl methyl sites for hydroxylation is 3. The highest BCUT2D eigenvalue weighted by Gasteiger charge is 2.10. The van der Waals surface area contributed by atoms with Crippen LogP contribution in [-0.4, -0.2) is 32.0 Å². The average Bonchev–Trinajstić information content (AvgIpc) is 2.94. The number of aromatic nitrogens is 4. The van der Waals surface area contributed by atoms with Crippen LogP contribution < -0.4 is 5.32 Å². The quantitative estimate of drug-likeness (QED) is 0.793. The molecule has 0 unspecified atom stereocenters. The molecule has 2 aromatic rings. The summed E-state index contributed by atoms with van der Waals surface area (Å²) in [4.78, 5) is 11.8. The molecule has 2 heterocycles. The molecule has 1 amide bonds. The van der Waals surface area contributed by atoms with Crippen LogP contribution in [-0.2, 0) is 13.6 Å². The first-order valence-corrected chi connectivity index (χ1v) is 5.93. The summed E-state index contributed by atoms with van der Waals surface area (Å²) in [5, 5.41) is 11.1. The van der Waals surface area contributed by atoms with E-state index >= 15 is 0 Å². The number of rotatable bonds is 5. The summed E-state index contributed by atoms with van der Waals surface area (Å²) in [6.07, 6.45) is 4.51. The van der Waals surface area contributed by atoms with E-state index in [2.05, 4.69) is 15.5 Å². The molecule has 6 nitrogen and oxygen atoms in total. The average molecular weight is 247 g/mol. The van der Waals surface area contributed by atoms with Crippen molar-refractivity contribution < 1.29 is 4.79 Å². The molecule has 2 rings (SSSR count). The molecule has 96 valence electrons. The smallest absolute Gasteiger partial charge is 0.269 e. The van der Waals surface area contributed by atoms with E-state index < -0.39 is 0 Å². The lowest BCUT2D eigenvalue weighted by Crippen LogP contribution is -2.27. The standard InChI is InChI=1S/C12H17N5O/c1-10-9-11(16(2)15-10)12(18)13-5-3-7-17-8-4-6-14-17/h4,6,8-9H,3,5,7H2,1-2H3,(H,13,18). The summed E-state index contributed by atoms with van der Waals surface area (Å²) in [5.74, 6) is -0.0847. The zero-order chi connectivity index (χ0) is 13.0. The SMILES string of the molecule is Cc1cc(C(=O)NCCCn2cccn2)n(C)n1.